The van der Waals surface area contributed by atoms with Gasteiger partial charge in [-0.1, -0.05) is 24.3 Å². The first-order valence-corrected chi connectivity index (χ1v) is 10.7. The van der Waals surface area contributed by atoms with Crippen LogP contribution in [-0.2, 0) is 19.5 Å². The normalized spacial score (nSPS) is 16.0. The Morgan fingerprint density at radius 1 is 1.22 bits per heavy atom. The van der Waals surface area contributed by atoms with Gasteiger partial charge in [0.15, 0.2) is 0 Å². The lowest BCUT2D eigenvalue weighted by Gasteiger charge is -2.16. The van der Waals surface area contributed by atoms with E-state index >= 15 is 0 Å². The van der Waals surface area contributed by atoms with Crippen molar-refractivity contribution in [3.05, 3.63) is 87.5 Å². The maximum Gasteiger partial charge on any atom is 0.346 e. The number of furan rings is 1. The molecule has 7 nitrogen and oxygen atoms in total. The van der Waals surface area contributed by atoms with Crippen LogP contribution in [0.4, 0.5) is 4.39 Å². The number of rotatable bonds is 4. The van der Waals surface area contributed by atoms with Crippen LogP contribution in [0.5, 0.6) is 0 Å². The molecule has 1 unspecified atom stereocenters. The fourth-order valence-electron chi connectivity index (χ4n) is 4.27. The van der Waals surface area contributed by atoms with Crippen molar-refractivity contribution in [1.29, 1.82) is 0 Å². The highest BCUT2D eigenvalue weighted by Gasteiger charge is 2.23. The molecular weight excluding hydrogens is 411 g/mol. The number of para-hydroxylation sites is 1. The van der Waals surface area contributed by atoms with Crippen molar-refractivity contribution in [3.8, 4) is 0 Å². The lowest BCUT2D eigenvalue weighted by molar-refractivity contribution is 0.0933. The van der Waals surface area contributed by atoms with Gasteiger partial charge in [0.1, 0.15) is 23.0 Å². The second-order valence-electron chi connectivity index (χ2n) is 8.21. The third kappa shape index (κ3) is 3.84. The van der Waals surface area contributed by atoms with E-state index in [9.17, 15) is 14.0 Å². The number of benzene rings is 2. The molecule has 1 aliphatic rings. The van der Waals surface area contributed by atoms with Crippen molar-refractivity contribution in [2.24, 2.45) is 0 Å². The maximum atomic E-state index is 13.1. The monoisotopic (exact) mass is 434 g/mol. The Kier molecular flexibility index (Phi) is 5.13. The molecule has 1 aliphatic heterocycles. The average Bonchev–Trinajstić information content (AvgIpc) is 3.22. The number of nitrogens with zero attached hydrogens (tertiary/aromatic N) is 3. The number of fused-ring (bicyclic) bond motifs is 2. The summed E-state index contributed by atoms with van der Waals surface area (Å²) < 4.78 is 21.9. The summed E-state index contributed by atoms with van der Waals surface area (Å²) in [4.78, 5) is 25.7. The molecule has 3 heterocycles. The zero-order valence-corrected chi connectivity index (χ0v) is 17.7. The standard InChI is InChI=1S/C24H23FN4O3/c1-15-13-17-3-2-4-20(22(17)32-15)23(30)26-19-9-10-21-27-29(24(31)28(21)12-11-19)14-16-5-7-18(25)8-6-16/h2-8,13,19H,9-12,14H2,1H3,(H,26,30). The van der Waals surface area contributed by atoms with Gasteiger partial charge in [0.05, 0.1) is 12.1 Å². The molecule has 32 heavy (non-hydrogen) atoms. The number of nitrogens with one attached hydrogen (secondary N) is 1. The Labute approximate surface area is 183 Å². The van der Waals surface area contributed by atoms with Gasteiger partial charge in [-0.05, 0) is 49.6 Å². The number of carbonyl (C=O) groups is 1. The number of hydrogen-bond acceptors (Lipinski definition) is 4. The van der Waals surface area contributed by atoms with E-state index < -0.39 is 0 Å². The quantitative estimate of drug-likeness (QED) is 0.534. The molecule has 8 heteroatoms. The molecule has 1 atom stereocenters. The Balaban J connectivity index is 1.28. The van der Waals surface area contributed by atoms with Crippen LogP contribution in [-0.4, -0.2) is 26.3 Å². The van der Waals surface area contributed by atoms with Gasteiger partial charge in [0.25, 0.3) is 5.91 Å². The number of aromatic nitrogens is 3. The topological polar surface area (TPSA) is 82.1 Å². The molecule has 5 rings (SSSR count). The third-order valence-electron chi connectivity index (χ3n) is 5.91. The Bertz CT molecular complexity index is 1350. The second kappa shape index (κ2) is 8.11. The molecule has 0 radical (unpaired) electrons. The van der Waals surface area contributed by atoms with Crippen LogP contribution in [0, 0.1) is 12.7 Å². The fraction of sp³-hybridized carbons (Fsp3) is 0.292. The summed E-state index contributed by atoms with van der Waals surface area (Å²) in [6.45, 7) is 2.63. The van der Waals surface area contributed by atoms with E-state index in [-0.39, 0.29) is 23.5 Å². The van der Waals surface area contributed by atoms with Crippen LogP contribution in [0.25, 0.3) is 11.0 Å². The number of aryl methyl sites for hydroxylation is 2. The van der Waals surface area contributed by atoms with E-state index in [0.29, 0.717) is 49.3 Å². The summed E-state index contributed by atoms with van der Waals surface area (Å²) in [5.41, 5.74) is 1.73. The second-order valence-corrected chi connectivity index (χ2v) is 8.21. The molecular formula is C24H23FN4O3. The number of amides is 1. The summed E-state index contributed by atoms with van der Waals surface area (Å²) in [7, 11) is 0. The Morgan fingerprint density at radius 2 is 2.03 bits per heavy atom. The zero-order chi connectivity index (χ0) is 22.2. The SMILES string of the molecule is Cc1cc2cccc(C(=O)NC3CCc4nn(Cc5ccc(F)cc5)c(=O)n4CC3)c2o1. The molecule has 0 saturated heterocycles. The van der Waals surface area contributed by atoms with Gasteiger partial charge >= 0.3 is 5.69 Å². The van der Waals surface area contributed by atoms with Gasteiger partial charge in [0.2, 0.25) is 0 Å². The molecule has 1 amide bonds. The first kappa shape index (κ1) is 20.2. The molecule has 2 aromatic carbocycles. The van der Waals surface area contributed by atoms with Crippen molar-refractivity contribution in [1.82, 2.24) is 19.7 Å². The van der Waals surface area contributed by atoms with Gasteiger partial charge in [-0.2, -0.15) is 5.10 Å². The van der Waals surface area contributed by atoms with Gasteiger partial charge in [-0.3, -0.25) is 9.36 Å². The fourth-order valence-corrected chi connectivity index (χ4v) is 4.27. The molecule has 2 aromatic heterocycles. The highest BCUT2D eigenvalue weighted by Crippen LogP contribution is 2.23. The molecule has 0 fully saturated rings. The first-order chi connectivity index (χ1) is 15.5. The summed E-state index contributed by atoms with van der Waals surface area (Å²) in [6, 6.07) is 13.4. The Morgan fingerprint density at radius 3 is 2.84 bits per heavy atom. The summed E-state index contributed by atoms with van der Waals surface area (Å²) >= 11 is 0. The lowest BCUT2D eigenvalue weighted by atomic mass is 10.1. The highest BCUT2D eigenvalue weighted by atomic mass is 19.1. The zero-order valence-electron chi connectivity index (χ0n) is 17.7. The van der Waals surface area contributed by atoms with Crippen LogP contribution >= 0.6 is 0 Å². The minimum absolute atomic E-state index is 0.0690. The Hall–Kier alpha value is -3.68. The predicted octanol–water partition coefficient (Wildman–Crippen LogP) is 3.42. The van der Waals surface area contributed by atoms with Gasteiger partial charge in [-0.15, -0.1) is 0 Å². The molecule has 0 aliphatic carbocycles. The molecule has 0 saturated carbocycles. The van der Waals surface area contributed by atoms with Crippen molar-refractivity contribution in [2.45, 2.75) is 45.3 Å². The largest absolute Gasteiger partial charge is 0.461 e. The van der Waals surface area contributed by atoms with Crippen molar-refractivity contribution in [3.63, 3.8) is 0 Å². The van der Waals surface area contributed by atoms with E-state index in [0.717, 1.165) is 16.7 Å². The van der Waals surface area contributed by atoms with Crippen LogP contribution in [0.1, 0.15) is 40.3 Å². The highest BCUT2D eigenvalue weighted by molar-refractivity contribution is 6.05. The predicted molar refractivity (Wildman–Crippen MR) is 117 cm³/mol. The van der Waals surface area contributed by atoms with E-state index in [1.807, 2.05) is 25.1 Å². The van der Waals surface area contributed by atoms with Crippen molar-refractivity contribution < 1.29 is 13.6 Å². The lowest BCUT2D eigenvalue weighted by Crippen LogP contribution is -2.36. The minimum Gasteiger partial charge on any atom is -0.461 e. The smallest absolute Gasteiger partial charge is 0.346 e. The van der Waals surface area contributed by atoms with Crippen molar-refractivity contribution >= 4 is 16.9 Å². The van der Waals surface area contributed by atoms with Crippen LogP contribution in [0.2, 0.25) is 0 Å². The third-order valence-corrected chi connectivity index (χ3v) is 5.91. The first-order valence-electron chi connectivity index (χ1n) is 10.7. The van der Waals surface area contributed by atoms with E-state index in [1.54, 1.807) is 22.8 Å². The maximum absolute atomic E-state index is 13.1. The van der Waals surface area contributed by atoms with E-state index in [2.05, 4.69) is 10.4 Å². The van der Waals surface area contributed by atoms with Crippen LogP contribution < -0.4 is 11.0 Å². The molecule has 4 aromatic rings. The molecule has 1 N–H and O–H groups in total. The molecule has 0 bridgehead atoms. The van der Waals surface area contributed by atoms with Crippen molar-refractivity contribution in [2.75, 3.05) is 0 Å². The van der Waals surface area contributed by atoms with E-state index in [1.165, 1.54) is 16.8 Å². The number of hydrogen-bond donors (Lipinski definition) is 1. The minimum atomic E-state index is -0.312. The number of halogens is 1. The van der Waals surface area contributed by atoms with E-state index in [4.69, 9.17) is 4.42 Å². The average molecular weight is 434 g/mol. The summed E-state index contributed by atoms with van der Waals surface area (Å²) in [5.74, 6) is 0.978. The van der Waals surface area contributed by atoms with Crippen LogP contribution in [0.3, 0.4) is 0 Å². The summed E-state index contributed by atoms with van der Waals surface area (Å²) in [5, 5.41) is 8.49. The van der Waals surface area contributed by atoms with Gasteiger partial charge in [0, 0.05) is 24.4 Å². The number of carbonyl (C=O) groups excluding carboxylic acids is 1. The van der Waals surface area contributed by atoms with Crippen LogP contribution in [0.15, 0.2) is 57.7 Å². The van der Waals surface area contributed by atoms with Gasteiger partial charge in [-0.25, -0.2) is 13.9 Å². The molecule has 0 spiro atoms. The summed E-state index contributed by atoms with van der Waals surface area (Å²) in [6.07, 6.45) is 1.90. The molecule has 164 valence electrons. The van der Waals surface area contributed by atoms with Gasteiger partial charge < -0.3 is 9.73 Å².